The summed E-state index contributed by atoms with van der Waals surface area (Å²) < 4.78 is 4.97. The summed E-state index contributed by atoms with van der Waals surface area (Å²) in [5.74, 6) is 0.911. The Labute approximate surface area is 101 Å². The molecule has 0 aliphatic rings. The Balaban J connectivity index is 1.92. The predicted molar refractivity (Wildman–Crippen MR) is 67.6 cm³/mol. The first kappa shape index (κ1) is 11.8. The minimum absolute atomic E-state index is 0.722. The van der Waals surface area contributed by atoms with Crippen molar-refractivity contribution in [1.29, 1.82) is 0 Å². The van der Waals surface area contributed by atoms with Crippen LogP contribution < -0.4 is 5.32 Å². The van der Waals surface area contributed by atoms with E-state index in [-0.39, 0.29) is 0 Å². The summed E-state index contributed by atoms with van der Waals surface area (Å²) in [5.41, 5.74) is 2.19. The number of nitrogens with zero attached hydrogens (tertiary/aromatic N) is 1. The molecule has 2 rings (SSSR count). The average Bonchev–Trinajstić information content (AvgIpc) is 2.85. The summed E-state index contributed by atoms with van der Waals surface area (Å²) in [6.07, 6.45) is 1.86. The topological polar surface area (TPSA) is 49.9 Å². The van der Waals surface area contributed by atoms with Gasteiger partial charge in [0.05, 0.1) is 6.61 Å². The van der Waals surface area contributed by atoms with Crippen LogP contribution in [0.2, 0.25) is 0 Å². The molecule has 4 nitrogen and oxygen atoms in total. The quantitative estimate of drug-likeness (QED) is 0.745. The van der Waals surface area contributed by atoms with E-state index in [1.54, 1.807) is 7.11 Å². The zero-order valence-electron chi connectivity index (χ0n) is 9.94. The van der Waals surface area contributed by atoms with E-state index in [0.29, 0.717) is 0 Å². The number of benzene rings is 1. The highest BCUT2D eigenvalue weighted by Gasteiger charge is 2.02. The van der Waals surface area contributed by atoms with Crippen molar-refractivity contribution in [2.45, 2.75) is 6.54 Å². The zero-order chi connectivity index (χ0) is 11.9. The van der Waals surface area contributed by atoms with Gasteiger partial charge in [-0.2, -0.15) is 0 Å². The number of rotatable bonds is 6. The maximum atomic E-state index is 4.97. The summed E-state index contributed by atoms with van der Waals surface area (Å²) in [6, 6.07) is 10.1. The van der Waals surface area contributed by atoms with Crippen LogP contribution in [0.15, 0.2) is 36.5 Å². The van der Waals surface area contributed by atoms with E-state index < -0.39 is 0 Å². The van der Waals surface area contributed by atoms with Crippen LogP contribution in [-0.2, 0) is 11.3 Å². The van der Waals surface area contributed by atoms with E-state index in [1.807, 2.05) is 36.5 Å². The molecule has 1 aromatic heterocycles. The Morgan fingerprint density at radius 1 is 1.29 bits per heavy atom. The number of ether oxygens (including phenoxy) is 1. The third-order valence-electron chi connectivity index (χ3n) is 2.47. The minimum Gasteiger partial charge on any atom is -0.383 e. The van der Waals surface area contributed by atoms with E-state index >= 15 is 0 Å². The summed E-state index contributed by atoms with van der Waals surface area (Å²) in [7, 11) is 1.70. The third kappa shape index (κ3) is 3.41. The Bertz CT molecular complexity index is 439. The zero-order valence-corrected chi connectivity index (χ0v) is 9.94. The molecule has 0 bridgehead atoms. The van der Waals surface area contributed by atoms with Gasteiger partial charge in [-0.3, -0.25) is 0 Å². The molecule has 2 N–H and O–H groups in total. The second-order valence-corrected chi connectivity index (χ2v) is 3.79. The molecule has 0 spiro atoms. The van der Waals surface area contributed by atoms with Crippen LogP contribution in [-0.4, -0.2) is 30.2 Å². The lowest BCUT2D eigenvalue weighted by Crippen LogP contribution is -2.18. The fourth-order valence-electron chi connectivity index (χ4n) is 1.59. The van der Waals surface area contributed by atoms with Gasteiger partial charge in [-0.05, 0) is 0 Å². The molecule has 90 valence electrons. The fourth-order valence-corrected chi connectivity index (χ4v) is 1.59. The first-order valence-electron chi connectivity index (χ1n) is 5.69. The van der Waals surface area contributed by atoms with Crippen LogP contribution in [0.5, 0.6) is 0 Å². The van der Waals surface area contributed by atoms with Gasteiger partial charge in [-0.25, -0.2) is 4.98 Å². The Kier molecular flexibility index (Phi) is 4.30. The second-order valence-electron chi connectivity index (χ2n) is 3.79. The Hall–Kier alpha value is -1.65. The lowest BCUT2D eigenvalue weighted by molar-refractivity contribution is 0.199. The molecule has 0 amide bonds. The van der Waals surface area contributed by atoms with E-state index in [9.17, 15) is 0 Å². The molecule has 0 atom stereocenters. The van der Waals surface area contributed by atoms with Crippen molar-refractivity contribution in [3.05, 3.63) is 42.2 Å². The Morgan fingerprint density at radius 3 is 2.88 bits per heavy atom. The first-order chi connectivity index (χ1) is 8.40. The van der Waals surface area contributed by atoms with Crippen molar-refractivity contribution < 1.29 is 4.74 Å². The molecule has 0 aliphatic heterocycles. The summed E-state index contributed by atoms with van der Waals surface area (Å²) in [4.78, 5) is 7.65. The molecule has 0 saturated heterocycles. The van der Waals surface area contributed by atoms with Crippen molar-refractivity contribution in [3.63, 3.8) is 0 Å². The molecule has 1 heterocycles. The highest BCUT2D eigenvalue weighted by atomic mass is 16.5. The number of H-pyrrole nitrogens is 1. The molecule has 0 fully saturated rings. The number of aromatic amines is 1. The SMILES string of the molecule is COCCNCc1cnc(-c2ccccc2)[nH]1. The molecule has 0 radical (unpaired) electrons. The minimum atomic E-state index is 0.722. The second kappa shape index (κ2) is 6.18. The molecule has 17 heavy (non-hydrogen) atoms. The van der Waals surface area contributed by atoms with Crippen molar-refractivity contribution in [2.24, 2.45) is 0 Å². The van der Waals surface area contributed by atoms with Crippen LogP contribution in [0.3, 0.4) is 0 Å². The largest absolute Gasteiger partial charge is 0.383 e. The average molecular weight is 231 g/mol. The maximum absolute atomic E-state index is 4.97. The molecule has 0 saturated carbocycles. The van der Waals surface area contributed by atoms with Gasteiger partial charge in [0.25, 0.3) is 0 Å². The number of hydrogen-bond donors (Lipinski definition) is 2. The fraction of sp³-hybridized carbons (Fsp3) is 0.308. The number of hydrogen-bond acceptors (Lipinski definition) is 3. The van der Waals surface area contributed by atoms with Crippen LogP contribution in [0.25, 0.3) is 11.4 Å². The lowest BCUT2D eigenvalue weighted by Gasteiger charge is -2.01. The highest BCUT2D eigenvalue weighted by Crippen LogP contribution is 2.14. The van der Waals surface area contributed by atoms with Gasteiger partial charge >= 0.3 is 0 Å². The molecule has 0 aliphatic carbocycles. The van der Waals surface area contributed by atoms with Crippen molar-refractivity contribution in [3.8, 4) is 11.4 Å². The van der Waals surface area contributed by atoms with E-state index in [1.165, 1.54) is 0 Å². The summed E-state index contributed by atoms with van der Waals surface area (Å²) >= 11 is 0. The van der Waals surface area contributed by atoms with E-state index in [0.717, 1.165) is 36.8 Å². The predicted octanol–water partition coefficient (Wildman–Crippen LogP) is 1.81. The van der Waals surface area contributed by atoms with Crippen molar-refractivity contribution >= 4 is 0 Å². The maximum Gasteiger partial charge on any atom is 0.137 e. The highest BCUT2D eigenvalue weighted by molar-refractivity contribution is 5.54. The van der Waals surface area contributed by atoms with E-state index in [2.05, 4.69) is 15.3 Å². The smallest absolute Gasteiger partial charge is 0.137 e. The third-order valence-corrected chi connectivity index (χ3v) is 2.47. The van der Waals surface area contributed by atoms with Gasteiger partial charge in [0.2, 0.25) is 0 Å². The molecular formula is C13H17N3O. The molecule has 1 aromatic carbocycles. The molecule has 4 heteroatoms. The van der Waals surface area contributed by atoms with Gasteiger partial charge < -0.3 is 15.0 Å². The number of aromatic nitrogens is 2. The number of methoxy groups -OCH3 is 1. The Morgan fingerprint density at radius 2 is 2.12 bits per heavy atom. The van der Waals surface area contributed by atoms with Crippen LogP contribution in [0, 0.1) is 0 Å². The lowest BCUT2D eigenvalue weighted by atomic mass is 10.2. The summed E-state index contributed by atoms with van der Waals surface area (Å²) in [5, 5.41) is 3.27. The first-order valence-corrected chi connectivity index (χ1v) is 5.69. The standard InChI is InChI=1S/C13H17N3O/c1-17-8-7-14-9-12-10-15-13(16-12)11-5-3-2-4-6-11/h2-6,10,14H,7-9H2,1H3,(H,15,16). The summed E-state index contributed by atoms with van der Waals surface area (Å²) in [6.45, 7) is 2.35. The van der Waals surface area contributed by atoms with Gasteiger partial charge in [-0.15, -0.1) is 0 Å². The van der Waals surface area contributed by atoms with Crippen LogP contribution in [0.4, 0.5) is 0 Å². The number of imidazole rings is 1. The van der Waals surface area contributed by atoms with Crippen molar-refractivity contribution in [2.75, 3.05) is 20.3 Å². The molecule has 2 aromatic rings. The monoisotopic (exact) mass is 231 g/mol. The van der Waals surface area contributed by atoms with Crippen LogP contribution >= 0.6 is 0 Å². The normalized spacial score (nSPS) is 10.6. The molecule has 0 unspecified atom stereocenters. The van der Waals surface area contributed by atoms with E-state index in [4.69, 9.17) is 4.74 Å². The van der Waals surface area contributed by atoms with Crippen molar-refractivity contribution in [1.82, 2.24) is 15.3 Å². The van der Waals surface area contributed by atoms with Gasteiger partial charge in [0.15, 0.2) is 0 Å². The van der Waals surface area contributed by atoms with Gasteiger partial charge in [-0.1, -0.05) is 30.3 Å². The molecular weight excluding hydrogens is 214 g/mol. The number of nitrogens with one attached hydrogen (secondary N) is 2. The van der Waals surface area contributed by atoms with Gasteiger partial charge in [0, 0.05) is 37.7 Å². The van der Waals surface area contributed by atoms with Gasteiger partial charge in [0.1, 0.15) is 5.82 Å². The van der Waals surface area contributed by atoms with Crippen LogP contribution in [0.1, 0.15) is 5.69 Å².